The lowest BCUT2D eigenvalue weighted by atomic mass is 10.1. The van der Waals surface area contributed by atoms with E-state index in [2.05, 4.69) is 15.2 Å². The fraction of sp³-hybridized carbons (Fsp3) is 0.250. The summed E-state index contributed by atoms with van der Waals surface area (Å²) in [4.78, 5) is 18.8. The van der Waals surface area contributed by atoms with Crippen LogP contribution in [-0.4, -0.2) is 39.1 Å². The molecule has 1 aliphatic heterocycles. The molecule has 1 fully saturated rings. The predicted molar refractivity (Wildman–Crippen MR) is 108 cm³/mol. The number of carbonyl (C=O) groups is 1. The van der Waals surface area contributed by atoms with E-state index in [1.807, 2.05) is 53.4 Å². The van der Waals surface area contributed by atoms with Crippen LogP contribution in [0.15, 0.2) is 53.7 Å². The van der Waals surface area contributed by atoms with E-state index in [9.17, 15) is 4.79 Å². The molecule has 0 atom stereocenters. The van der Waals surface area contributed by atoms with Gasteiger partial charge in [0.2, 0.25) is 5.16 Å². The number of hydrogen-bond acceptors (Lipinski definition) is 4. The molecule has 1 N–H and O–H groups in total. The average molecular weight is 399 g/mol. The summed E-state index contributed by atoms with van der Waals surface area (Å²) in [6, 6.07) is 15.3. The number of H-pyrrole nitrogens is 1. The molecule has 0 aliphatic carbocycles. The van der Waals surface area contributed by atoms with Crippen molar-refractivity contribution in [1.29, 1.82) is 0 Å². The number of carbonyl (C=O) groups excluding carboxylic acids is 1. The van der Waals surface area contributed by atoms with Gasteiger partial charge in [0, 0.05) is 35.0 Å². The van der Waals surface area contributed by atoms with Crippen molar-refractivity contribution in [2.24, 2.45) is 0 Å². The van der Waals surface area contributed by atoms with E-state index in [0.717, 1.165) is 54.2 Å². The number of halogens is 1. The van der Waals surface area contributed by atoms with Crippen LogP contribution in [0.4, 0.5) is 0 Å². The second-order valence-electron chi connectivity index (χ2n) is 6.46. The van der Waals surface area contributed by atoms with Gasteiger partial charge in [-0.3, -0.25) is 9.89 Å². The van der Waals surface area contributed by atoms with Gasteiger partial charge in [0.1, 0.15) is 0 Å². The van der Waals surface area contributed by atoms with E-state index in [-0.39, 0.29) is 5.91 Å². The molecule has 0 saturated carbocycles. The SMILES string of the molecule is O=C(c1ccc(CSc2n[nH]c(-c3ccc(Cl)cc3)n2)cc1)N1CCCC1. The monoisotopic (exact) mass is 398 g/mol. The zero-order valence-corrected chi connectivity index (χ0v) is 16.3. The van der Waals surface area contributed by atoms with Crippen LogP contribution in [-0.2, 0) is 5.75 Å². The first-order valence-electron chi connectivity index (χ1n) is 8.88. The van der Waals surface area contributed by atoms with Gasteiger partial charge in [-0.15, -0.1) is 5.10 Å². The summed E-state index contributed by atoms with van der Waals surface area (Å²) in [7, 11) is 0. The van der Waals surface area contributed by atoms with Crippen LogP contribution in [0.2, 0.25) is 5.02 Å². The molecule has 1 aromatic heterocycles. The summed E-state index contributed by atoms with van der Waals surface area (Å²) in [6.07, 6.45) is 2.21. The van der Waals surface area contributed by atoms with Crippen molar-refractivity contribution >= 4 is 29.3 Å². The second-order valence-corrected chi connectivity index (χ2v) is 7.84. The minimum Gasteiger partial charge on any atom is -0.339 e. The fourth-order valence-corrected chi connectivity index (χ4v) is 3.92. The minimum absolute atomic E-state index is 0.133. The maximum Gasteiger partial charge on any atom is 0.253 e. The summed E-state index contributed by atoms with van der Waals surface area (Å²) >= 11 is 7.47. The Morgan fingerprint density at radius 3 is 2.48 bits per heavy atom. The van der Waals surface area contributed by atoms with E-state index in [0.29, 0.717) is 10.2 Å². The van der Waals surface area contributed by atoms with Gasteiger partial charge in [0.15, 0.2) is 5.82 Å². The number of nitrogens with zero attached hydrogens (tertiary/aromatic N) is 3. The molecule has 1 saturated heterocycles. The molecule has 4 rings (SSSR count). The highest BCUT2D eigenvalue weighted by Crippen LogP contribution is 2.24. The van der Waals surface area contributed by atoms with E-state index in [1.165, 1.54) is 0 Å². The van der Waals surface area contributed by atoms with Gasteiger partial charge in [-0.05, 0) is 54.8 Å². The van der Waals surface area contributed by atoms with E-state index in [1.54, 1.807) is 11.8 Å². The summed E-state index contributed by atoms with van der Waals surface area (Å²) in [5, 5.41) is 8.60. The Balaban J connectivity index is 1.36. The predicted octanol–water partition coefficient (Wildman–Crippen LogP) is 4.65. The molecule has 5 nitrogen and oxygen atoms in total. The Morgan fingerprint density at radius 2 is 1.78 bits per heavy atom. The molecule has 0 radical (unpaired) electrons. The maximum absolute atomic E-state index is 12.4. The Bertz CT molecular complexity index is 918. The number of aromatic nitrogens is 3. The van der Waals surface area contributed by atoms with Gasteiger partial charge in [0.05, 0.1) is 0 Å². The number of hydrogen-bond donors (Lipinski definition) is 1. The highest BCUT2D eigenvalue weighted by atomic mass is 35.5. The average Bonchev–Trinajstić information content (AvgIpc) is 3.39. The van der Waals surface area contributed by atoms with E-state index < -0.39 is 0 Å². The zero-order chi connectivity index (χ0) is 18.6. The van der Waals surface area contributed by atoms with Crippen molar-refractivity contribution in [3.8, 4) is 11.4 Å². The molecule has 0 unspecified atom stereocenters. The molecule has 138 valence electrons. The number of benzene rings is 2. The van der Waals surface area contributed by atoms with Crippen LogP contribution in [0.1, 0.15) is 28.8 Å². The first-order chi connectivity index (χ1) is 13.2. The maximum atomic E-state index is 12.4. The van der Waals surface area contributed by atoms with Gasteiger partial charge >= 0.3 is 0 Å². The second kappa shape index (κ2) is 8.15. The Morgan fingerprint density at radius 1 is 1.07 bits per heavy atom. The number of aromatic amines is 1. The lowest BCUT2D eigenvalue weighted by Crippen LogP contribution is -2.27. The minimum atomic E-state index is 0.133. The molecule has 1 aliphatic rings. The molecule has 2 aromatic carbocycles. The summed E-state index contributed by atoms with van der Waals surface area (Å²) in [5.41, 5.74) is 2.84. The summed E-state index contributed by atoms with van der Waals surface area (Å²) in [5.74, 6) is 1.60. The van der Waals surface area contributed by atoms with Gasteiger partial charge in [0.25, 0.3) is 5.91 Å². The first-order valence-corrected chi connectivity index (χ1v) is 10.2. The van der Waals surface area contributed by atoms with Crippen LogP contribution >= 0.6 is 23.4 Å². The number of nitrogens with one attached hydrogen (secondary N) is 1. The zero-order valence-electron chi connectivity index (χ0n) is 14.7. The van der Waals surface area contributed by atoms with E-state index in [4.69, 9.17) is 11.6 Å². The highest BCUT2D eigenvalue weighted by molar-refractivity contribution is 7.98. The largest absolute Gasteiger partial charge is 0.339 e. The van der Waals surface area contributed by atoms with Crippen molar-refractivity contribution in [2.75, 3.05) is 13.1 Å². The topological polar surface area (TPSA) is 61.9 Å². The smallest absolute Gasteiger partial charge is 0.253 e. The van der Waals surface area contributed by atoms with E-state index >= 15 is 0 Å². The molecule has 0 spiro atoms. The lowest BCUT2D eigenvalue weighted by molar-refractivity contribution is 0.0793. The van der Waals surface area contributed by atoms with Gasteiger partial charge in [-0.2, -0.15) is 0 Å². The molecule has 27 heavy (non-hydrogen) atoms. The van der Waals surface area contributed by atoms with Crippen LogP contribution < -0.4 is 0 Å². The third kappa shape index (κ3) is 4.34. The van der Waals surface area contributed by atoms with Crippen molar-refractivity contribution in [2.45, 2.75) is 23.8 Å². The van der Waals surface area contributed by atoms with Crippen LogP contribution in [0.5, 0.6) is 0 Å². The third-order valence-electron chi connectivity index (χ3n) is 4.54. The van der Waals surface area contributed by atoms with Crippen LogP contribution in [0, 0.1) is 0 Å². The number of likely N-dealkylation sites (tertiary alicyclic amines) is 1. The molecular formula is C20H19ClN4OS. The lowest BCUT2D eigenvalue weighted by Gasteiger charge is -2.15. The van der Waals surface area contributed by atoms with Gasteiger partial charge in [-0.25, -0.2) is 4.98 Å². The van der Waals surface area contributed by atoms with Gasteiger partial charge in [-0.1, -0.05) is 35.5 Å². The molecule has 2 heterocycles. The molecule has 0 bridgehead atoms. The quantitative estimate of drug-likeness (QED) is 0.635. The van der Waals surface area contributed by atoms with Crippen molar-refractivity contribution in [3.05, 3.63) is 64.7 Å². The Kier molecular flexibility index (Phi) is 5.45. The van der Waals surface area contributed by atoms with Crippen molar-refractivity contribution in [1.82, 2.24) is 20.1 Å². The molecule has 3 aromatic rings. The van der Waals surface area contributed by atoms with Crippen LogP contribution in [0.3, 0.4) is 0 Å². The standard InChI is InChI=1S/C20H19ClN4OS/c21-17-9-7-15(8-10-17)18-22-20(24-23-18)27-13-14-3-5-16(6-4-14)19(26)25-11-1-2-12-25/h3-10H,1-2,11-13H2,(H,22,23,24). The highest BCUT2D eigenvalue weighted by Gasteiger charge is 2.19. The molecule has 1 amide bonds. The summed E-state index contributed by atoms with van der Waals surface area (Å²) < 4.78 is 0. The van der Waals surface area contributed by atoms with Crippen molar-refractivity contribution < 1.29 is 4.79 Å². The Labute approximate surface area is 167 Å². The summed E-state index contributed by atoms with van der Waals surface area (Å²) in [6.45, 7) is 1.74. The third-order valence-corrected chi connectivity index (χ3v) is 5.72. The normalized spacial score (nSPS) is 13.9. The van der Waals surface area contributed by atoms with Gasteiger partial charge < -0.3 is 4.90 Å². The van der Waals surface area contributed by atoms with Crippen molar-refractivity contribution in [3.63, 3.8) is 0 Å². The number of thioether (sulfide) groups is 1. The molecule has 7 heteroatoms. The fourth-order valence-electron chi connectivity index (χ4n) is 3.04. The number of amides is 1. The molecular weight excluding hydrogens is 380 g/mol. The van der Waals surface area contributed by atoms with Crippen LogP contribution in [0.25, 0.3) is 11.4 Å². The first kappa shape index (κ1) is 18.1. The number of rotatable bonds is 5. The Hall–Kier alpha value is -2.31.